The Balaban J connectivity index is 2.10. The second-order valence-corrected chi connectivity index (χ2v) is 8.00. The second-order valence-electron chi connectivity index (χ2n) is 6.13. The van der Waals surface area contributed by atoms with Gasteiger partial charge in [0.2, 0.25) is 15.9 Å². The number of nitrogen functional groups attached to an aromatic ring is 1. The molecule has 0 saturated heterocycles. The first-order valence-corrected chi connectivity index (χ1v) is 10.2. The van der Waals surface area contributed by atoms with Crippen LogP contribution in [-0.4, -0.2) is 31.1 Å². The van der Waals surface area contributed by atoms with Crippen LogP contribution in [0.15, 0.2) is 42.6 Å². The number of nitrogens with zero attached hydrogens (tertiary/aromatic N) is 1. The van der Waals surface area contributed by atoms with Gasteiger partial charge in [0.15, 0.2) is 0 Å². The van der Waals surface area contributed by atoms with Gasteiger partial charge in [0, 0.05) is 12.7 Å². The van der Waals surface area contributed by atoms with Gasteiger partial charge in [-0.15, -0.1) is 0 Å². The van der Waals surface area contributed by atoms with E-state index in [1.165, 1.54) is 30.5 Å². The number of aromatic nitrogens is 1. The lowest BCUT2D eigenvalue weighted by molar-refractivity contribution is -0.122. The zero-order chi connectivity index (χ0) is 19.9. The molecule has 0 radical (unpaired) electrons. The number of hydrogen-bond acceptors (Lipinski definition) is 5. The Morgan fingerprint density at radius 2 is 1.85 bits per heavy atom. The lowest BCUT2D eigenvalue weighted by Gasteiger charge is -2.18. The van der Waals surface area contributed by atoms with Crippen LogP contribution >= 0.6 is 0 Å². The molecule has 1 aromatic carbocycles. The van der Waals surface area contributed by atoms with Crippen molar-refractivity contribution >= 4 is 21.7 Å². The number of nitrogens with one attached hydrogen (secondary N) is 2. The highest BCUT2D eigenvalue weighted by Crippen LogP contribution is 2.08. The Bertz CT molecular complexity index is 855. The van der Waals surface area contributed by atoms with Crippen molar-refractivity contribution < 1.29 is 17.6 Å². The van der Waals surface area contributed by atoms with E-state index < -0.39 is 27.8 Å². The number of anilines is 1. The summed E-state index contributed by atoms with van der Waals surface area (Å²) in [6.07, 6.45) is 2.07. The molecule has 7 nitrogen and oxygen atoms in total. The molecule has 1 amide bonds. The summed E-state index contributed by atoms with van der Waals surface area (Å²) in [6, 6.07) is 7.91. The van der Waals surface area contributed by atoms with Crippen LogP contribution < -0.4 is 15.8 Å². The molecule has 1 aromatic heterocycles. The highest BCUT2D eigenvalue weighted by atomic mass is 32.2. The molecule has 4 N–H and O–H groups in total. The molecular weight excluding hydrogens is 371 g/mol. The van der Waals surface area contributed by atoms with Crippen molar-refractivity contribution in [2.45, 2.75) is 32.4 Å². The van der Waals surface area contributed by atoms with Crippen molar-refractivity contribution in [1.82, 2.24) is 15.0 Å². The van der Waals surface area contributed by atoms with E-state index in [2.05, 4.69) is 15.0 Å². The van der Waals surface area contributed by atoms with E-state index in [9.17, 15) is 17.6 Å². The maximum absolute atomic E-state index is 13.1. The summed E-state index contributed by atoms with van der Waals surface area (Å²) < 4.78 is 39.8. The zero-order valence-electron chi connectivity index (χ0n) is 15.0. The highest BCUT2D eigenvalue weighted by molar-refractivity contribution is 7.89. The van der Waals surface area contributed by atoms with Gasteiger partial charge in [0.1, 0.15) is 17.7 Å². The minimum absolute atomic E-state index is 0.0813. The number of hydrogen-bond donors (Lipinski definition) is 3. The largest absolute Gasteiger partial charge is 0.384 e. The van der Waals surface area contributed by atoms with Crippen LogP contribution in [0.4, 0.5) is 10.2 Å². The summed E-state index contributed by atoms with van der Waals surface area (Å²) in [5.41, 5.74) is 6.90. The van der Waals surface area contributed by atoms with E-state index in [-0.39, 0.29) is 18.7 Å². The summed E-state index contributed by atoms with van der Waals surface area (Å²) in [6.45, 7) is 1.92. The smallest absolute Gasteiger partial charge is 0.238 e. The van der Waals surface area contributed by atoms with E-state index in [1.807, 2.05) is 0 Å². The number of sulfonamides is 1. The molecule has 2 rings (SSSR count). The van der Waals surface area contributed by atoms with Crippen LogP contribution in [-0.2, 0) is 27.8 Å². The zero-order valence-corrected chi connectivity index (χ0v) is 15.8. The monoisotopic (exact) mass is 394 g/mol. The van der Waals surface area contributed by atoms with Gasteiger partial charge in [-0.1, -0.05) is 25.1 Å². The standard InChI is InChI=1S/C18H23FN4O3S/c1-2-9-27(25,26)23-16(10-13-3-6-15(19)7-4-13)18(24)22-12-14-5-8-17(20)21-11-14/h3-8,11,16,23H,2,9-10,12H2,1H3,(H2,20,21)(H,22,24)/t16-/m0/s1. The number of carbonyl (C=O) groups is 1. The topological polar surface area (TPSA) is 114 Å². The quantitative estimate of drug-likeness (QED) is 0.594. The molecule has 0 saturated carbocycles. The first kappa shape index (κ1) is 20.8. The Hall–Kier alpha value is -2.52. The number of benzene rings is 1. The lowest BCUT2D eigenvalue weighted by Crippen LogP contribution is -2.48. The number of nitrogens with two attached hydrogens (primary N) is 1. The SMILES string of the molecule is CCCS(=O)(=O)N[C@@H](Cc1ccc(F)cc1)C(=O)NCc1ccc(N)nc1. The molecule has 0 aliphatic heterocycles. The fraction of sp³-hybridized carbons (Fsp3) is 0.333. The van der Waals surface area contributed by atoms with Crippen LogP contribution in [0, 0.1) is 5.82 Å². The molecule has 27 heavy (non-hydrogen) atoms. The summed E-state index contributed by atoms with van der Waals surface area (Å²) in [7, 11) is -3.61. The summed E-state index contributed by atoms with van der Waals surface area (Å²) in [4.78, 5) is 16.5. The van der Waals surface area contributed by atoms with Gasteiger partial charge < -0.3 is 11.1 Å². The van der Waals surface area contributed by atoms with Gasteiger partial charge >= 0.3 is 0 Å². The maximum atomic E-state index is 13.1. The molecule has 1 atom stereocenters. The first-order valence-electron chi connectivity index (χ1n) is 8.51. The summed E-state index contributed by atoms with van der Waals surface area (Å²) in [5.74, 6) is -0.591. The van der Waals surface area contributed by atoms with Gasteiger partial charge in [-0.25, -0.2) is 22.5 Å². The van der Waals surface area contributed by atoms with Crippen molar-refractivity contribution in [2.75, 3.05) is 11.5 Å². The third-order valence-electron chi connectivity index (χ3n) is 3.78. The normalized spacial score (nSPS) is 12.5. The highest BCUT2D eigenvalue weighted by Gasteiger charge is 2.24. The molecular formula is C18H23FN4O3S. The minimum atomic E-state index is -3.61. The van der Waals surface area contributed by atoms with E-state index in [4.69, 9.17) is 5.73 Å². The van der Waals surface area contributed by atoms with Crippen LogP contribution in [0.1, 0.15) is 24.5 Å². The third kappa shape index (κ3) is 6.95. The van der Waals surface area contributed by atoms with Crippen LogP contribution in [0.5, 0.6) is 0 Å². The predicted molar refractivity (Wildman–Crippen MR) is 102 cm³/mol. The lowest BCUT2D eigenvalue weighted by atomic mass is 10.1. The van der Waals surface area contributed by atoms with E-state index in [0.717, 1.165) is 5.56 Å². The van der Waals surface area contributed by atoms with Crippen molar-refractivity contribution in [3.8, 4) is 0 Å². The first-order chi connectivity index (χ1) is 12.8. The predicted octanol–water partition coefficient (Wildman–Crippen LogP) is 1.36. The molecule has 1 heterocycles. The van der Waals surface area contributed by atoms with Gasteiger partial charge in [-0.2, -0.15) is 0 Å². The number of halogens is 1. The average molecular weight is 394 g/mol. The van der Waals surface area contributed by atoms with Gasteiger partial charge in [-0.05, 0) is 42.2 Å². The molecule has 0 aliphatic rings. The average Bonchev–Trinajstić information content (AvgIpc) is 2.62. The number of pyridine rings is 1. The van der Waals surface area contributed by atoms with Crippen molar-refractivity contribution in [3.63, 3.8) is 0 Å². The number of amides is 1. The Kier molecular flexibility index (Phi) is 7.26. The Morgan fingerprint density at radius 1 is 1.19 bits per heavy atom. The number of carbonyl (C=O) groups excluding carboxylic acids is 1. The van der Waals surface area contributed by atoms with Crippen LogP contribution in [0.3, 0.4) is 0 Å². The van der Waals surface area contributed by atoms with E-state index in [1.54, 1.807) is 19.1 Å². The van der Waals surface area contributed by atoms with Crippen molar-refractivity contribution in [1.29, 1.82) is 0 Å². The molecule has 146 valence electrons. The van der Waals surface area contributed by atoms with E-state index in [0.29, 0.717) is 17.8 Å². The van der Waals surface area contributed by atoms with E-state index >= 15 is 0 Å². The molecule has 0 fully saturated rings. The Labute approximate surface area is 158 Å². The molecule has 2 aromatic rings. The summed E-state index contributed by atoms with van der Waals surface area (Å²) in [5, 5.41) is 2.69. The third-order valence-corrected chi connectivity index (χ3v) is 5.37. The van der Waals surface area contributed by atoms with Crippen LogP contribution in [0.25, 0.3) is 0 Å². The fourth-order valence-electron chi connectivity index (χ4n) is 2.44. The van der Waals surface area contributed by atoms with Gasteiger partial charge in [-0.3, -0.25) is 4.79 Å². The number of rotatable bonds is 9. The van der Waals surface area contributed by atoms with Crippen molar-refractivity contribution in [2.24, 2.45) is 0 Å². The molecule has 0 spiro atoms. The van der Waals surface area contributed by atoms with Gasteiger partial charge in [0.05, 0.1) is 5.75 Å². The Morgan fingerprint density at radius 3 is 2.44 bits per heavy atom. The van der Waals surface area contributed by atoms with Crippen LogP contribution in [0.2, 0.25) is 0 Å². The van der Waals surface area contributed by atoms with Gasteiger partial charge in [0.25, 0.3) is 0 Å². The summed E-state index contributed by atoms with van der Waals surface area (Å²) >= 11 is 0. The molecule has 0 bridgehead atoms. The molecule has 0 aliphatic carbocycles. The molecule has 9 heteroatoms. The molecule has 0 unspecified atom stereocenters. The maximum Gasteiger partial charge on any atom is 0.238 e. The fourth-order valence-corrected chi connectivity index (χ4v) is 3.72. The second kappa shape index (κ2) is 9.43. The minimum Gasteiger partial charge on any atom is -0.384 e. The van der Waals surface area contributed by atoms with Crippen molar-refractivity contribution in [3.05, 3.63) is 59.5 Å².